The standard InChI is InChI=1S/C6H9NS.C5H7NS2/c1-2-3-6-7-4-5-8-6;1-2-7-5-6-3-4-8-5/h4-5H,2-3H2,1H3;3-4H,2H2,1H3. The molecule has 0 aliphatic carbocycles. The molecular weight excluding hydrogens is 256 g/mol. The van der Waals surface area contributed by atoms with Crippen molar-refractivity contribution in [2.45, 2.75) is 31.0 Å². The molecule has 88 valence electrons. The van der Waals surface area contributed by atoms with Crippen molar-refractivity contribution < 1.29 is 0 Å². The van der Waals surface area contributed by atoms with Crippen LogP contribution in [0.3, 0.4) is 0 Å². The predicted molar refractivity (Wildman–Crippen MR) is 74.6 cm³/mol. The molecule has 0 spiro atoms. The van der Waals surface area contributed by atoms with Crippen molar-refractivity contribution >= 4 is 34.4 Å². The van der Waals surface area contributed by atoms with Gasteiger partial charge in [0.1, 0.15) is 4.34 Å². The minimum Gasteiger partial charge on any atom is -0.250 e. The van der Waals surface area contributed by atoms with Gasteiger partial charge in [-0.25, -0.2) is 9.97 Å². The molecule has 2 aromatic heterocycles. The number of thiazole rings is 2. The van der Waals surface area contributed by atoms with Crippen molar-refractivity contribution in [3.05, 3.63) is 28.2 Å². The molecule has 0 saturated heterocycles. The number of hydrogen-bond acceptors (Lipinski definition) is 5. The lowest BCUT2D eigenvalue weighted by atomic mass is 10.4. The van der Waals surface area contributed by atoms with E-state index in [1.807, 2.05) is 23.2 Å². The zero-order valence-corrected chi connectivity index (χ0v) is 12.0. The summed E-state index contributed by atoms with van der Waals surface area (Å²) in [6.45, 7) is 4.30. The summed E-state index contributed by atoms with van der Waals surface area (Å²) in [7, 11) is 0. The van der Waals surface area contributed by atoms with Gasteiger partial charge >= 0.3 is 0 Å². The molecule has 5 heteroatoms. The zero-order chi connectivity index (χ0) is 11.6. The van der Waals surface area contributed by atoms with E-state index >= 15 is 0 Å². The van der Waals surface area contributed by atoms with Gasteiger partial charge in [0, 0.05) is 23.2 Å². The Morgan fingerprint density at radius 3 is 2.38 bits per heavy atom. The van der Waals surface area contributed by atoms with Crippen LogP contribution in [0.5, 0.6) is 0 Å². The summed E-state index contributed by atoms with van der Waals surface area (Å²) in [6.07, 6.45) is 6.03. The van der Waals surface area contributed by atoms with Crippen LogP contribution in [0.1, 0.15) is 25.3 Å². The fourth-order valence-electron chi connectivity index (χ4n) is 0.995. The van der Waals surface area contributed by atoms with Gasteiger partial charge in [0.05, 0.1) is 5.01 Å². The van der Waals surface area contributed by atoms with Crippen LogP contribution in [-0.4, -0.2) is 15.7 Å². The van der Waals surface area contributed by atoms with E-state index in [1.54, 1.807) is 34.4 Å². The summed E-state index contributed by atoms with van der Waals surface area (Å²) in [4.78, 5) is 8.21. The lowest BCUT2D eigenvalue weighted by molar-refractivity contribution is 0.909. The maximum absolute atomic E-state index is 4.12. The van der Waals surface area contributed by atoms with Crippen LogP contribution >= 0.6 is 34.4 Å². The molecule has 0 unspecified atom stereocenters. The van der Waals surface area contributed by atoms with Gasteiger partial charge in [0.15, 0.2) is 0 Å². The van der Waals surface area contributed by atoms with E-state index in [2.05, 4.69) is 23.8 Å². The second-order valence-corrected chi connectivity index (χ2v) is 6.29. The van der Waals surface area contributed by atoms with Crippen LogP contribution in [-0.2, 0) is 6.42 Å². The van der Waals surface area contributed by atoms with Gasteiger partial charge in [-0.15, -0.1) is 22.7 Å². The number of aromatic nitrogens is 2. The molecule has 0 radical (unpaired) electrons. The third-order valence-electron chi connectivity index (χ3n) is 1.62. The summed E-state index contributed by atoms with van der Waals surface area (Å²) >= 11 is 5.23. The first-order valence-electron chi connectivity index (χ1n) is 5.27. The molecule has 0 fully saturated rings. The van der Waals surface area contributed by atoms with Crippen LogP contribution < -0.4 is 0 Å². The molecule has 2 rings (SSSR count). The number of rotatable bonds is 4. The fourth-order valence-corrected chi connectivity index (χ4v) is 3.25. The quantitative estimate of drug-likeness (QED) is 0.774. The SMILES string of the molecule is CCCc1nccs1.CCSc1nccs1. The first kappa shape index (κ1) is 13.7. The van der Waals surface area contributed by atoms with Gasteiger partial charge in [0.25, 0.3) is 0 Å². The number of thioether (sulfide) groups is 1. The van der Waals surface area contributed by atoms with Gasteiger partial charge in [-0.05, 0) is 18.6 Å². The minimum absolute atomic E-state index is 1.12. The van der Waals surface area contributed by atoms with Gasteiger partial charge in [-0.1, -0.05) is 25.6 Å². The molecule has 0 aliphatic rings. The van der Waals surface area contributed by atoms with Crippen molar-refractivity contribution in [1.82, 2.24) is 9.97 Å². The second kappa shape index (κ2) is 8.73. The van der Waals surface area contributed by atoms with E-state index in [1.165, 1.54) is 15.8 Å². The maximum atomic E-state index is 4.12. The van der Waals surface area contributed by atoms with E-state index in [9.17, 15) is 0 Å². The zero-order valence-electron chi connectivity index (χ0n) is 9.55. The number of aryl methyl sites for hydroxylation is 1. The Morgan fingerprint density at radius 2 is 1.88 bits per heavy atom. The van der Waals surface area contributed by atoms with Crippen LogP contribution in [0, 0.1) is 0 Å². The van der Waals surface area contributed by atoms with Gasteiger partial charge in [-0.2, -0.15) is 0 Å². The van der Waals surface area contributed by atoms with E-state index in [0.29, 0.717) is 0 Å². The van der Waals surface area contributed by atoms with E-state index in [0.717, 1.165) is 12.2 Å². The Bertz CT molecular complexity index is 307. The minimum atomic E-state index is 1.12. The fraction of sp³-hybridized carbons (Fsp3) is 0.455. The molecule has 0 saturated carbocycles. The molecule has 0 atom stereocenters. The van der Waals surface area contributed by atoms with Crippen molar-refractivity contribution in [3.63, 3.8) is 0 Å². The van der Waals surface area contributed by atoms with E-state index in [-0.39, 0.29) is 0 Å². The Kier molecular flexibility index (Phi) is 7.46. The topological polar surface area (TPSA) is 25.8 Å². The summed E-state index contributed by atoms with van der Waals surface area (Å²) < 4.78 is 1.17. The highest BCUT2D eigenvalue weighted by molar-refractivity contribution is 8.00. The predicted octanol–water partition coefficient (Wildman–Crippen LogP) is 4.35. The highest BCUT2D eigenvalue weighted by atomic mass is 32.2. The van der Waals surface area contributed by atoms with Crippen LogP contribution in [0.25, 0.3) is 0 Å². The van der Waals surface area contributed by atoms with E-state index in [4.69, 9.17) is 0 Å². The summed E-state index contributed by atoms with van der Waals surface area (Å²) in [5.74, 6) is 1.12. The van der Waals surface area contributed by atoms with Crippen molar-refractivity contribution in [2.75, 3.05) is 5.75 Å². The molecule has 0 aliphatic heterocycles. The Morgan fingerprint density at radius 1 is 1.12 bits per heavy atom. The van der Waals surface area contributed by atoms with Crippen LogP contribution in [0.4, 0.5) is 0 Å². The van der Waals surface area contributed by atoms with Crippen LogP contribution in [0.2, 0.25) is 0 Å². The molecule has 2 heterocycles. The summed E-state index contributed by atoms with van der Waals surface area (Å²) in [6, 6.07) is 0. The normalized spacial score (nSPS) is 9.62. The highest BCUT2D eigenvalue weighted by Crippen LogP contribution is 2.18. The van der Waals surface area contributed by atoms with Gasteiger partial charge in [0.2, 0.25) is 0 Å². The maximum Gasteiger partial charge on any atom is 0.149 e. The summed E-state index contributed by atoms with van der Waals surface area (Å²) in [5.41, 5.74) is 0. The Labute approximate surface area is 109 Å². The lowest BCUT2D eigenvalue weighted by Crippen LogP contribution is -1.76. The third kappa shape index (κ3) is 5.63. The molecule has 16 heavy (non-hydrogen) atoms. The van der Waals surface area contributed by atoms with Crippen molar-refractivity contribution in [1.29, 1.82) is 0 Å². The lowest BCUT2D eigenvalue weighted by Gasteiger charge is -1.84. The average Bonchev–Trinajstić information content (AvgIpc) is 2.92. The molecular formula is C11H16N2S3. The molecule has 0 amide bonds. The molecule has 0 bridgehead atoms. The molecule has 2 nitrogen and oxygen atoms in total. The van der Waals surface area contributed by atoms with Gasteiger partial charge < -0.3 is 0 Å². The number of hydrogen-bond donors (Lipinski definition) is 0. The van der Waals surface area contributed by atoms with Gasteiger partial charge in [-0.3, -0.25) is 0 Å². The third-order valence-corrected chi connectivity index (χ3v) is 4.31. The Balaban J connectivity index is 0.000000160. The monoisotopic (exact) mass is 272 g/mol. The first-order valence-corrected chi connectivity index (χ1v) is 8.02. The smallest absolute Gasteiger partial charge is 0.149 e. The molecule has 0 N–H and O–H groups in total. The molecule has 2 aromatic rings. The highest BCUT2D eigenvalue weighted by Gasteiger charge is 1.89. The van der Waals surface area contributed by atoms with Crippen molar-refractivity contribution in [3.8, 4) is 0 Å². The Hall–Kier alpha value is -0.390. The molecule has 0 aromatic carbocycles. The van der Waals surface area contributed by atoms with Crippen LogP contribution in [0.15, 0.2) is 27.5 Å². The largest absolute Gasteiger partial charge is 0.250 e. The first-order chi connectivity index (χ1) is 7.86. The van der Waals surface area contributed by atoms with Crippen molar-refractivity contribution in [2.24, 2.45) is 0 Å². The second-order valence-electron chi connectivity index (χ2n) is 2.91. The van der Waals surface area contributed by atoms with E-state index < -0.39 is 0 Å². The summed E-state index contributed by atoms with van der Waals surface area (Å²) in [5, 5.41) is 5.27. The number of nitrogens with zero attached hydrogens (tertiary/aromatic N) is 2. The average molecular weight is 272 g/mol.